The van der Waals surface area contributed by atoms with Gasteiger partial charge in [-0.2, -0.15) is 4.98 Å². The van der Waals surface area contributed by atoms with Crippen molar-refractivity contribution in [2.75, 3.05) is 5.32 Å². The predicted molar refractivity (Wildman–Crippen MR) is 108 cm³/mol. The fourth-order valence-corrected chi connectivity index (χ4v) is 3.70. The van der Waals surface area contributed by atoms with Gasteiger partial charge in [-0.1, -0.05) is 39.8 Å². The van der Waals surface area contributed by atoms with E-state index >= 15 is 0 Å². The molecule has 0 saturated heterocycles. The number of aliphatic imine (C=N–C) groups is 1. The number of nitrogens with one attached hydrogen (secondary N) is 2. The van der Waals surface area contributed by atoms with Gasteiger partial charge in [-0.15, -0.1) is 5.10 Å². The van der Waals surface area contributed by atoms with Crippen molar-refractivity contribution in [3.8, 4) is 0 Å². The number of rotatable bonds is 5. The zero-order valence-corrected chi connectivity index (χ0v) is 16.5. The standard InChI is InChI=1S/C17H11BrN6O3S/c18-10-4-5-13-12(7-10)14(15(25)19-13)20-16-21-17(23-22-16)28-8-9-2-1-3-11(6-9)24(26)27/h1-7H,8H2,(H2,19,20,21,22,23,25). The van der Waals surface area contributed by atoms with E-state index in [2.05, 4.69) is 41.4 Å². The average molecular weight is 459 g/mol. The van der Waals surface area contributed by atoms with Crippen LogP contribution in [0.3, 0.4) is 0 Å². The Morgan fingerprint density at radius 1 is 1.25 bits per heavy atom. The molecule has 1 aromatic heterocycles. The molecule has 0 aliphatic carbocycles. The summed E-state index contributed by atoms with van der Waals surface area (Å²) in [5.41, 5.74) is 2.44. The quantitative estimate of drug-likeness (QED) is 0.339. The fourth-order valence-electron chi connectivity index (χ4n) is 2.60. The fraction of sp³-hybridized carbons (Fsp3) is 0.0588. The van der Waals surface area contributed by atoms with Crippen LogP contribution in [-0.2, 0) is 10.5 Å². The van der Waals surface area contributed by atoms with Gasteiger partial charge in [0.05, 0.1) is 10.6 Å². The first-order valence-corrected chi connectivity index (χ1v) is 9.76. The number of nitrogens with zero attached hydrogens (tertiary/aromatic N) is 4. The number of thioether (sulfide) groups is 1. The third kappa shape index (κ3) is 3.80. The molecule has 0 fully saturated rings. The van der Waals surface area contributed by atoms with E-state index in [-0.39, 0.29) is 23.3 Å². The van der Waals surface area contributed by atoms with Crippen LogP contribution in [0.1, 0.15) is 11.1 Å². The van der Waals surface area contributed by atoms with E-state index in [1.165, 1.54) is 23.9 Å². The lowest BCUT2D eigenvalue weighted by Gasteiger charge is -1.98. The van der Waals surface area contributed by atoms with Crippen molar-refractivity contribution in [3.63, 3.8) is 0 Å². The lowest BCUT2D eigenvalue weighted by Crippen LogP contribution is -2.14. The molecule has 9 nitrogen and oxygen atoms in total. The number of H-pyrrole nitrogens is 1. The van der Waals surface area contributed by atoms with Crippen LogP contribution in [0.5, 0.6) is 0 Å². The van der Waals surface area contributed by atoms with Gasteiger partial charge in [-0.25, -0.2) is 10.1 Å². The summed E-state index contributed by atoms with van der Waals surface area (Å²) in [6.07, 6.45) is 0. The number of benzene rings is 2. The molecule has 1 aliphatic heterocycles. The van der Waals surface area contributed by atoms with Crippen LogP contribution in [0.4, 0.5) is 17.3 Å². The van der Waals surface area contributed by atoms with Gasteiger partial charge >= 0.3 is 0 Å². The molecule has 0 spiro atoms. The number of anilines is 1. The minimum absolute atomic E-state index is 0.0391. The molecule has 28 heavy (non-hydrogen) atoms. The zero-order valence-electron chi connectivity index (χ0n) is 14.0. The highest BCUT2D eigenvalue weighted by atomic mass is 79.9. The number of amides is 1. The van der Waals surface area contributed by atoms with Gasteiger partial charge in [-0.3, -0.25) is 14.9 Å². The van der Waals surface area contributed by atoms with E-state index < -0.39 is 4.92 Å². The second-order valence-corrected chi connectivity index (χ2v) is 7.62. The van der Waals surface area contributed by atoms with Crippen molar-refractivity contribution in [1.29, 1.82) is 0 Å². The molecule has 1 amide bonds. The van der Waals surface area contributed by atoms with Crippen LogP contribution < -0.4 is 5.32 Å². The third-order valence-electron chi connectivity index (χ3n) is 3.86. The van der Waals surface area contributed by atoms with Crippen LogP contribution in [0, 0.1) is 10.1 Å². The molecule has 2 heterocycles. The van der Waals surface area contributed by atoms with Gasteiger partial charge in [0.15, 0.2) is 0 Å². The maximum absolute atomic E-state index is 12.2. The van der Waals surface area contributed by atoms with Crippen LogP contribution in [0.2, 0.25) is 0 Å². The monoisotopic (exact) mass is 458 g/mol. The van der Waals surface area contributed by atoms with Crippen molar-refractivity contribution in [3.05, 3.63) is 68.2 Å². The zero-order chi connectivity index (χ0) is 19.7. The summed E-state index contributed by atoms with van der Waals surface area (Å²) in [6.45, 7) is 0. The summed E-state index contributed by atoms with van der Waals surface area (Å²) in [4.78, 5) is 31.1. The Morgan fingerprint density at radius 3 is 2.93 bits per heavy atom. The predicted octanol–water partition coefficient (Wildman–Crippen LogP) is 3.84. The molecule has 0 atom stereocenters. The lowest BCUT2D eigenvalue weighted by molar-refractivity contribution is -0.384. The number of aromatic nitrogens is 3. The molecule has 1 aliphatic rings. The summed E-state index contributed by atoms with van der Waals surface area (Å²) < 4.78 is 0.834. The Bertz CT molecular complexity index is 1130. The number of aromatic amines is 1. The minimum Gasteiger partial charge on any atom is -0.320 e. The van der Waals surface area contributed by atoms with Gasteiger partial charge in [0.25, 0.3) is 11.6 Å². The number of nitro groups is 1. The van der Waals surface area contributed by atoms with Gasteiger partial charge in [0, 0.05) is 27.9 Å². The summed E-state index contributed by atoms with van der Waals surface area (Å²) in [5.74, 6) is 0.362. The number of hydrogen-bond acceptors (Lipinski definition) is 7. The number of nitro benzene ring substituents is 1. The number of non-ortho nitro benzene ring substituents is 1. The van der Waals surface area contributed by atoms with E-state index in [0.29, 0.717) is 22.2 Å². The molecule has 0 unspecified atom stereocenters. The lowest BCUT2D eigenvalue weighted by atomic mass is 10.1. The van der Waals surface area contributed by atoms with E-state index in [9.17, 15) is 14.9 Å². The smallest absolute Gasteiger partial charge is 0.275 e. The maximum Gasteiger partial charge on any atom is 0.275 e. The van der Waals surface area contributed by atoms with Gasteiger partial charge in [-0.05, 0) is 23.8 Å². The normalized spacial score (nSPS) is 14.2. The maximum atomic E-state index is 12.2. The molecular weight excluding hydrogens is 448 g/mol. The van der Waals surface area contributed by atoms with Crippen molar-refractivity contribution in [2.45, 2.75) is 10.9 Å². The summed E-state index contributed by atoms with van der Waals surface area (Å²) >= 11 is 4.69. The molecule has 3 aromatic rings. The molecule has 2 aromatic carbocycles. The van der Waals surface area contributed by atoms with E-state index in [4.69, 9.17) is 0 Å². The topological polar surface area (TPSA) is 126 Å². The molecular formula is C17H11BrN6O3S. The molecule has 0 bridgehead atoms. The van der Waals surface area contributed by atoms with Gasteiger partial charge in [0.1, 0.15) is 5.71 Å². The summed E-state index contributed by atoms with van der Waals surface area (Å²) in [5, 5.41) is 20.8. The Labute approximate surface area is 171 Å². The molecule has 140 valence electrons. The van der Waals surface area contributed by atoms with E-state index in [1.54, 1.807) is 24.3 Å². The van der Waals surface area contributed by atoms with Crippen LogP contribution >= 0.6 is 27.7 Å². The van der Waals surface area contributed by atoms with Crippen LogP contribution in [-0.4, -0.2) is 31.7 Å². The number of fused-ring (bicyclic) bond motifs is 1. The van der Waals surface area contributed by atoms with Gasteiger partial charge < -0.3 is 5.32 Å². The first kappa shape index (κ1) is 18.3. The highest BCUT2D eigenvalue weighted by Crippen LogP contribution is 2.28. The largest absolute Gasteiger partial charge is 0.320 e. The summed E-state index contributed by atoms with van der Waals surface area (Å²) in [7, 11) is 0. The Balaban J connectivity index is 1.50. The minimum atomic E-state index is -0.433. The third-order valence-corrected chi connectivity index (χ3v) is 5.27. The van der Waals surface area contributed by atoms with Crippen molar-refractivity contribution in [1.82, 2.24) is 15.2 Å². The molecule has 0 radical (unpaired) electrons. The Morgan fingerprint density at radius 2 is 2.11 bits per heavy atom. The average Bonchev–Trinajstić information content (AvgIpc) is 3.25. The van der Waals surface area contributed by atoms with Crippen molar-refractivity contribution < 1.29 is 9.72 Å². The van der Waals surface area contributed by atoms with E-state index in [0.717, 1.165) is 10.0 Å². The van der Waals surface area contributed by atoms with Crippen molar-refractivity contribution in [2.24, 2.45) is 4.99 Å². The van der Waals surface area contributed by atoms with Crippen molar-refractivity contribution >= 4 is 56.6 Å². The number of halogens is 1. The van der Waals surface area contributed by atoms with E-state index in [1.807, 2.05) is 6.07 Å². The second-order valence-electron chi connectivity index (χ2n) is 5.76. The molecule has 0 saturated carbocycles. The highest BCUT2D eigenvalue weighted by Gasteiger charge is 2.26. The SMILES string of the molecule is O=C1Nc2ccc(Br)cc2/C1=N/c1nc(SCc2cccc([N+](=O)[O-])c2)n[nH]1. The number of hydrogen-bond donors (Lipinski definition) is 2. The molecule has 4 rings (SSSR count). The second kappa shape index (κ2) is 7.52. The Kier molecular flexibility index (Phi) is 4.92. The number of carbonyl (C=O) groups excluding carboxylic acids is 1. The first-order chi connectivity index (χ1) is 13.5. The first-order valence-electron chi connectivity index (χ1n) is 7.98. The highest BCUT2D eigenvalue weighted by molar-refractivity contribution is 9.10. The van der Waals surface area contributed by atoms with Gasteiger partial charge in [0.2, 0.25) is 11.1 Å². The Hall–Kier alpha value is -3.05. The van der Waals surface area contributed by atoms with Crippen LogP contribution in [0.15, 0.2) is 57.1 Å². The number of carbonyl (C=O) groups is 1. The molecule has 11 heteroatoms. The van der Waals surface area contributed by atoms with Crippen LogP contribution in [0.25, 0.3) is 0 Å². The summed E-state index contributed by atoms with van der Waals surface area (Å²) in [6, 6.07) is 11.8. The molecule has 2 N–H and O–H groups in total.